The highest BCUT2D eigenvalue weighted by Crippen LogP contribution is 2.27. The van der Waals surface area contributed by atoms with Crippen LogP contribution in [0.25, 0.3) is 0 Å². The van der Waals surface area contributed by atoms with E-state index in [0.29, 0.717) is 6.54 Å². The number of hydrogen-bond acceptors (Lipinski definition) is 4. The molecular formula is C19H25N3O. The lowest BCUT2D eigenvalue weighted by Crippen LogP contribution is -2.15. The Morgan fingerprint density at radius 3 is 2.70 bits per heavy atom. The first-order valence-electron chi connectivity index (χ1n) is 8.54. The number of ether oxygens (including phenoxy) is 1. The van der Waals surface area contributed by atoms with Crippen molar-refractivity contribution >= 4 is 5.69 Å². The molecule has 23 heavy (non-hydrogen) atoms. The van der Waals surface area contributed by atoms with E-state index in [4.69, 9.17) is 4.74 Å². The van der Waals surface area contributed by atoms with Gasteiger partial charge in [-0.25, -0.2) is 9.97 Å². The highest BCUT2D eigenvalue weighted by molar-refractivity contribution is 5.51. The Kier molecular flexibility index (Phi) is 5.46. The van der Waals surface area contributed by atoms with Crippen LogP contribution in [0.2, 0.25) is 0 Å². The topological polar surface area (TPSA) is 47.0 Å². The Hall–Kier alpha value is -2.10. The summed E-state index contributed by atoms with van der Waals surface area (Å²) in [5, 5.41) is 3.36. The molecule has 0 saturated heterocycles. The maximum atomic E-state index is 6.10. The second-order valence-corrected chi connectivity index (χ2v) is 6.31. The smallest absolute Gasteiger partial charge is 0.147 e. The van der Waals surface area contributed by atoms with Crippen LogP contribution in [0.5, 0.6) is 5.75 Å². The molecule has 3 rings (SSSR count). The van der Waals surface area contributed by atoms with Crippen molar-refractivity contribution in [3.05, 3.63) is 48.0 Å². The molecule has 1 aromatic heterocycles. The number of hydrogen-bond donors (Lipinski definition) is 1. The molecule has 1 aromatic carbocycles. The minimum atomic E-state index is 0.617. The number of aryl methyl sites for hydroxylation is 1. The molecule has 0 unspecified atom stereocenters. The molecule has 0 aliphatic heterocycles. The van der Waals surface area contributed by atoms with Crippen LogP contribution < -0.4 is 10.1 Å². The summed E-state index contributed by atoms with van der Waals surface area (Å²) in [6.45, 7) is 3.55. The molecular weight excluding hydrogens is 286 g/mol. The minimum Gasteiger partial charge on any atom is -0.493 e. The summed E-state index contributed by atoms with van der Waals surface area (Å²) in [4.78, 5) is 8.45. The third-order valence-electron chi connectivity index (χ3n) is 4.46. The summed E-state index contributed by atoms with van der Waals surface area (Å²) < 4.78 is 6.10. The molecule has 4 heteroatoms. The number of nitrogens with one attached hydrogen (secondary N) is 1. The van der Waals surface area contributed by atoms with Gasteiger partial charge in [-0.3, -0.25) is 0 Å². The average molecular weight is 311 g/mol. The maximum Gasteiger partial charge on any atom is 0.147 e. The standard InChI is InChI=1S/C19H25N3O/c1-15-8-9-17(22-13-19-20-10-5-11-21-19)12-18(15)23-14-16-6-3-2-4-7-16/h5,8-12,16,22H,2-4,6-7,13-14H2,1H3. The summed E-state index contributed by atoms with van der Waals surface area (Å²) in [6.07, 6.45) is 10.2. The fraction of sp³-hybridized carbons (Fsp3) is 0.474. The van der Waals surface area contributed by atoms with E-state index in [1.165, 1.54) is 37.7 Å². The predicted octanol–water partition coefficient (Wildman–Crippen LogP) is 4.36. The van der Waals surface area contributed by atoms with Crippen molar-refractivity contribution in [3.8, 4) is 5.75 Å². The molecule has 2 aromatic rings. The van der Waals surface area contributed by atoms with Gasteiger partial charge in [-0.15, -0.1) is 0 Å². The van der Waals surface area contributed by atoms with Gasteiger partial charge in [-0.05, 0) is 43.4 Å². The first-order chi connectivity index (χ1) is 11.3. The number of rotatable bonds is 6. The van der Waals surface area contributed by atoms with Gasteiger partial charge >= 0.3 is 0 Å². The fourth-order valence-electron chi connectivity index (χ4n) is 3.03. The molecule has 0 atom stereocenters. The van der Waals surface area contributed by atoms with Crippen molar-refractivity contribution in [1.82, 2.24) is 9.97 Å². The SMILES string of the molecule is Cc1ccc(NCc2ncccn2)cc1OCC1CCCCC1. The summed E-state index contributed by atoms with van der Waals surface area (Å²) in [7, 11) is 0. The van der Waals surface area contributed by atoms with Gasteiger partial charge in [0.1, 0.15) is 11.6 Å². The number of benzene rings is 1. The number of anilines is 1. The quantitative estimate of drug-likeness (QED) is 0.861. The van der Waals surface area contributed by atoms with E-state index in [9.17, 15) is 0 Å². The molecule has 0 amide bonds. The number of aromatic nitrogens is 2. The van der Waals surface area contributed by atoms with Crippen molar-refractivity contribution in [2.75, 3.05) is 11.9 Å². The van der Waals surface area contributed by atoms with E-state index < -0.39 is 0 Å². The molecule has 1 aliphatic rings. The lowest BCUT2D eigenvalue weighted by molar-refractivity contribution is 0.208. The van der Waals surface area contributed by atoms with Gasteiger partial charge in [0, 0.05) is 24.1 Å². The Morgan fingerprint density at radius 1 is 1.13 bits per heavy atom. The summed E-state index contributed by atoms with van der Waals surface area (Å²) >= 11 is 0. The number of nitrogens with zero attached hydrogens (tertiary/aromatic N) is 2. The first kappa shape index (κ1) is 15.8. The molecule has 1 aliphatic carbocycles. The fourth-order valence-corrected chi connectivity index (χ4v) is 3.03. The zero-order chi connectivity index (χ0) is 15.9. The van der Waals surface area contributed by atoms with Crippen LogP contribution in [0.1, 0.15) is 43.5 Å². The molecule has 1 N–H and O–H groups in total. The molecule has 1 fully saturated rings. The summed E-state index contributed by atoms with van der Waals surface area (Å²) in [6, 6.07) is 8.09. The lowest BCUT2D eigenvalue weighted by atomic mass is 9.90. The maximum absolute atomic E-state index is 6.10. The van der Waals surface area contributed by atoms with Crippen molar-refractivity contribution in [2.45, 2.75) is 45.6 Å². The molecule has 4 nitrogen and oxygen atoms in total. The Morgan fingerprint density at radius 2 is 1.91 bits per heavy atom. The van der Waals surface area contributed by atoms with Crippen LogP contribution >= 0.6 is 0 Å². The van der Waals surface area contributed by atoms with Crippen molar-refractivity contribution in [3.63, 3.8) is 0 Å². The largest absolute Gasteiger partial charge is 0.493 e. The second kappa shape index (κ2) is 7.95. The monoisotopic (exact) mass is 311 g/mol. The first-order valence-corrected chi connectivity index (χ1v) is 8.54. The zero-order valence-corrected chi connectivity index (χ0v) is 13.8. The minimum absolute atomic E-state index is 0.617. The van der Waals surface area contributed by atoms with Crippen LogP contribution in [0.4, 0.5) is 5.69 Å². The van der Waals surface area contributed by atoms with Crippen molar-refractivity contribution < 1.29 is 4.74 Å². The van der Waals surface area contributed by atoms with Gasteiger partial charge in [0.15, 0.2) is 0 Å². The van der Waals surface area contributed by atoms with Gasteiger partial charge < -0.3 is 10.1 Å². The predicted molar refractivity (Wildman–Crippen MR) is 92.6 cm³/mol. The van der Waals surface area contributed by atoms with Crippen molar-refractivity contribution in [2.24, 2.45) is 5.92 Å². The van der Waals surface area contributed by atoms with E-state index in [1.54, 1.807) is 12.4 Å². The van der Waals surface area contributed by atoms with Crippen LogP contribution in [0.15, 0.2) is 36.7 Å². The van der Waals surface area contributed by atoms with Crippen LogP contribution in [0, 0.1) is 12.8 Å². The molecule has 0 spiro atoms. The van der Waals surface area contributed by atoms with Crippen LogP contribution in [0.3, 0.4) is 0 Å². The van der Waals surface area contributed by atoms with E-state index >= 15 is 0 Å². The second-order valence-electron chi connectivity index (χ2n) is 6.31. The van der Waals surface area contributed by atoms with Gasteiger partial charge in [0.05, 0.1) is 13.2 Å². The third-order valence-corrected chi connectivity index (χ3v) is 4.46. The normalized spacial score (nSPS) is 15.3. The van der Waals surface area contributed by atoms with Crippen molar-refractivity contribution in [1.29, 1.82) is 0 Å². The van der Waals surface area contributed by atoms with Gasteiger partial charge in [-0.2, -0.15) is 0 Å². The van der Waals surface area contributed by atoms with Crippen LogP contribution in [-0.4, -0.2) is 16.6 Å². The Bertz CT molecular complexity index is 609. The van der Waals surface area contributed by atoms with Crippen LogP contribution in [-0.2, 0) is 6.54 Å². The van der Waals surface area contributed by atoms with E-state index in [2.05, 4.69) is 40.4 Å². The molecule has 0 radical (unpaired) electrons. The highest BCUT2D eigenvalue weighted by Gasteiger charge is 2.14. The van der Waals surface area contributed by atoms with Gasteiger partial charge in [-0.1, -0.05) is 25.3 Å². The highest BCUT2D eigenvalue weighted by atomic mass is 16.5. The zero-order valence-electron chi connectivity index (χ0n) is 13.8. The van der Waals surface area contributed by atoms with E-state index in [0.717, 1.165) is 29.8 Å². The third kappa shape index (κ3) is 4.68. The summed E-state index contributed by atoms with van der Waals surface area (Å²) in [5.41, 5.74) is 2.23. The molecule has 1 saturated carbocycles. The average Bonchev–Trinajstić information content (AvgIpc) is 2.62. The van der Waals surface area contributed by atoms with Gasteiger partial charge in [0.25, 0.3) is 0 Å². The Labute approximate surface area is 138 Å². The molecule has 1 heterocycles. The summed E-state index contributed by atoms with van der Waals surface area (Å²) in [5.74, 6) is 2.49. The van der Waals surface area contributed by atoms with Gasteiger partial charge in [0.2, 0.25) is 0 Å². The van der Waals surface area contributed by atoms with E-state index in [-0.39, 0.29) is 0 Å². The lowest BCUT2D eigenvalue weighted by Gasteiger charge is -2.22. The molecule has 0 bridgehead atoms. The Balaban J connectivity index is 1.57. The molecule has 122 valence electrons. The van der Waals surface area contributed by atoms with E-state index in [1.807, 2.05) is 6.07 Å².